The Kier molecular flexibility index (Phi) is 5.98. The number of aryl methyl sites for hydroxylation is 2. The van der Waals surface area contributed by atoms with E-state index in [1.54, 1.807) is 18.2 Å². The van der Waals surface area contributed by atoms with E-state index in [9.17, 15) is 14.4 Å². The highest BCUT2D eigenvalue weighted by molar-refractivity contribution is 6.39. The van der Waals surface area contributed by atoms with E-state index in [1.807, 2.05) is 75.4 Å². The number of rotatable bonds is 4. The zero-order valence-electron chi connectivity index (χ0n) is 20.1. The molecule has 1 aliphatic rings. The summed E-state index contributed by atoms with van der Waals surface area (Å²) >= 11 is 6.43. The Balaban J connectivity index is 1.63. The molecule has 4 amide bonds. The van der Waals surface area contributed by atoms with Gasteiger partial charge in [-0.2, -0.15) is 0 Å². The highest BCUT2D eigenvalue weighted by atomic mass is 35.5. The molecule has 6 nitrogen and oxygen atoms in total. The molecule has 36 heavy (non-hydrogen) atoms. The fraction of sp³-hybridized carbons (Fsp3) is 0.138. The molecule has 0 bridgehead atoms. The number of nitrogens with zero attached hydrogens (tertiary/aromatic N) is 2. The first kappa shape index (κ1) is 23.6. The molecule has 7 heteroatoms. The average Bonchev–Trinajstić information content (AvgIpc) is 3.08. The molecule has 3 aromatic carbocycles. The minimum absolute atomic E-state index is 0.0995. The van der Waals surface area contributed by atoms with Crippen molar-refractivity contribution in [3.8, 4) is 0 Å². The number of halogens is 1. The zero-order chi connectivity index (χ0) is 25.6. The predicted molar refractivity (Wildman–Crippen MR) is 142 cm³/mol. The monoisotopic (exact) mass is 497 g/mol. The zero-order valence-corrected chi connectivity index (χ0v) is 20.9. The number of imide groups is 2. The summed E-state index contributed by atoms with van der Waals surface area (Å²) in [5.41, 5.74) is 5.67. The lowest BCUT2D eigenvalue weighted by Gasteiger charge is -2.27. The number of carbonyl (C=O) groups excluding carboxylic acids is 3. The molecule has 1 aromatic heterocycles. The normalized spacial score (nSPS) is 15.2. The number of anilines is 1. The second kappa shape index (κ2) is 9.13. The van der Waals surface area contributed by atoms with Crippen LogP contribution in [0.4, 0.5) is 10.5 Å². The first-order valence-corrected chi connectivity index (χ1v) is 11.9. The van der Waals surface area contributed by atoms with Gasteiger partial charge in [-0.05, 0) is 67.8 Å². The van der Waals surface area contributed by atoms with Crippen LogP contribution in [0.15, 0.2) is 72.3 Å². The third-order valence-corrected chi connectivity index (χ3v) is 6.79. The quantitative estimate of drug-likeness (QED) is 0.280. The van der Waals surface area contributed by atoms with E-state index < -0.39 is 17.8 Å². The van der Waals surface area contributed by atoms with E-state index in [4.69, 9.17) is 11.6 Å². The van der Waals surface area contributed by atoms with Gasteiger partial charge < -0.3 is 4.57 Å². The van der Waals surface area contributed by atoms with Crippen LogP contribution in [0, 0.1) is 20.8 Å². The summed E-state index contributed by atoms with van der Waals surface area (Å²) < 4.78 is 2.11. The van der Waals surface area contributed by atoms with E-state index in [0.29, 0.717) is 17.3 Å². The van der Waals surface area contributed by atoms with Crippen molar-refractivity contribution in [3.63, 3.8) is 0 Å². The van der Waals surface area contributed by atoms with Crippen molar-refractivity contribution >= 4 is 52.1 Å². The number of fused-ring (bicyclic) bond motifs is 1. The third kappa shape index (κ3) is 4.10. The third-order valence-electron chi connectivity index (χ3n) is 6.42. The summed E-state index contributed by atoms with van der Waals surface area (Å²) in [5.74, 6) is -1.37. The number of carbonyl (C=O) groups is 3. The number of urea groups is 1. The maximum Gasteiger partial charge on any atom is 0.335 e. The van der Waals surface area contributed by atoms with Gasteiger partial charge in [-0.15, -0.1) is 0 Å². The van der Waals surface area contributed by atoms with Crippen LogP contribution in [0.1, 0.15) is 27.9 Å². The molecule has 5 rings (SSSR count). The Labute approximate surface area is 213 Å². The van der Waals surface area contributed by atoms with Gasteiger partial charge in [0.05, 0.1) is 5.69 Å². The Morgan fingerprint density at radius 3 is 2.28 bits per heavy atom. The van der Waals surface area contributed by atoms with Crippen LogP contribution in [0.25, 0.3) is 17.0 Å². The smallest absolute Gasteiger partial charge is 0.335 e. The van der Waals surface area contributed by atoms with Gasteiger partial charge in [0.1, 0.15) is 5.57 Å². The summed E-state index contributed by atoms with van der Waals surface area (Å²) in [4.78, 5) is 40.1. The van der Waals surface area contributed by atoms with E-state index >= 15 is 0 Å². The summed E-state index contributed by atoms with van der Waals surface area (Å²) in [7, 11) is 0. The van der Waals surface area contributed by atoms with Gasteiger partial charge in [-0.25, -0.2) is 9.69 Å². The maximum atomic E-state index is 13.5. The summed E-state index contributed by atoms with van der Waals surface area (Å²) in [6.45, 7) is 6.26. The van der Waals surface area contributed by atoms with Crippen molar-refractivity contribution < 1.29 is 14.4 Å². The molecule has 1 saturated heterocycles. The number of amides is 4. The van der Waals surface area contributed by atoms with Gasteiger partial charge in [-0.3, -0.25) is 14.9 Å². The van der Waals surface area contributed by atoms with E-state index in [1.165, 1.54) is 0 Å². The molecule has 0 spiro atoms. The van der Waals surface area contributed by atoms with Gasteiger partial charge >= 0.3 is 6.03 Å². The van der Waals surface area contributed by atoms with Crippen molar-refractivity contribution in [2.45, 2.75) is 27.3 Å². The van der Waals surface area contributed by atoms with E-state index in [-0.39, 0.29) is 5.57 Å². The van der Waals surface area contributed by atoms with Gasteiger partial charge in [0.25, 0.3) is 11.8 Å². The van der Waals surface area contributed by atoms with Crippen LogP contribution in [0.5, 0.6) is 0 Å². The van der Waals surface area contributed by atoms with Crippen LogP contribution in [0.3, 0.4) is 0 Å². The number of benzene rings is 3. The fourth-order valence-electron chi connectivity index (χ4n) is 4.76. The number of hydrogen-bond acceptors (Lipinski definition) is 3. The molecule has 2 heterocycles. The molecule has 1 N–H and O–H groups in total. The molecule has 1 aliphatic heterocycles. The minimum Gasteiger partial charge on any atom is -0.340 e. The number of aromatic nitrogens is 1. The Morgan fingerprint density at radius 1 is 0.889 bits per heavy atom. The lowest BCUT2D eigenvalue weighted by atomic mass is 10.0. The molecule has 0 saturated carbocycles. The Morgan fingerprint density at radius 2 is 1.56 bits per heavy atom. The highest BCUT2D eigenvalue weighted by Crippen LogP contribution is 2.31. The highest BCUT2D eigenvalue weighted by Gasteiger charge is 2.37. The van der Waals surface area contributed by atoms with Crippen LogP contribution in [0.2, 0.25) is 5.02 Å². The molecular formula is C29H24ClN3O3. The van der Waals surface area contributed by atoms with Gasteiger partial charge in [0.2, 0.25) is 0 Å². The molecular weight excluding hydrogens is 474 g/mol. The summed E-state index contributed by atoms with van der Waals surface area (Å²) in [6.07, 6.45) is 1.58. The maximum absolute atomic E-state index is 13.5. The summed E-state index contributed by atoms with van der Waals surface area (Å²) in [6, 6.07) is 20.2. The SMILES string of the molecule is Cc1cc(C)cc(N2C(=O)NC(=O)/C(=C\c3c(C)n(Cc4ccccc4Cl)c4ccccc34)C2=O)c1. The topological polar surface area (TPSA) is 71.4 Å². The Hall–Kier alpha value is -4.16. The van der Waals surface area contributed by atoms with Gasteiger partial charge in [0.15, 0.2) is 0 Å². The van der Waals surface area contributed by atoms with Crippen LogP contribution in [-0.4, -0.2) is 22.4 Å². The first-order chi connectivity index (χ1) is 17.2. The number of nitrogens with one attached hydrogen (secondary N) is 1. The van der Waals surface area contributed by atoms with Crippen molar-refractivity contribution in [1.82, 2.24) is 9.88 Å². The molecule has 0 aliphatic carbocycles. The second-order valence-electron chi connectivity index (χ2n) is 9.00. The van der Waals surface area contributed by atoms with Gasteiger partial charge in [-0.1, -0.05) is 54.1 Å². The largest absolute Gasteiger partial charge is 0.340 e. The van der Waals surface area contributed by atoms with Crippen LogP contribution >= 0.6 is 11.6 Å². The number of barbiturate groups is 1. The number of para-hydroxylation sites is 1. The molecule has 1 fully saturated rings. The summed E-state index contributed by atoms with van der Waals surface area (Å²) in [5, 5.41) is 3.88. The predicted octanol–water partition coefficient (Wildman–Crippen LogP) is 5.93. The second-order valence-corrected chi connectivity index (χ2v) is 9.40. The molecule has 0 radical (unpaired) electrons. The van der Waals surface area contributed by atoms with E-state index in [0.717, 1.165) is 43.8 Å². The van der Waals surface area contributed by atoms with Crippen LogP contribution in [-0.2, 0) is 16.1 Å². The lowest BCUT2D eigenvalue weighted by molar-refractivity contribution is -0.122. The van der Waals surface area contributed by atoms with Crippen molar-refractivity contribution in [1.29, 1.82) is 0 Å². The van der Waals surface area contributed by atoms with Crippen molar-refractivity contribution in [2.24, 2.45) is 0 Å². The van der Waals surface area contributed by atoms with Crippen LogP contribution < -0.4 is 10.2 Å². The number of hydrogen-bond donors (Lipinski definition) is 1. The molecule has 4 aromatic rings. The first-order valence-electron chi connectivity index (χ1n) is 11.6. The molecule has 0 unspecified atom stereocenters. The molecule has 0 atom stereocenters. The average molecular weight is 498 g/mol. The van der Waals surface area contributed by atoms with Gasteiger partial charge in [0, 0.05) is 33.7 Å². The van der Waals surface area contributed by atoms with Crippen molar-refractivity contribution in [3.05, 3.63) is 105 Å². The standard InChI is InChI=1S/C29H24ClN3O3/c1-17-12-18(2)14-21(13-17)33-28(35)24(27(34)31-29(33)36)15-23-19(3)32(26-11-7-5-9-22(23)26)16-20-8-4-6-10-25(20)30/h4-15H,16H2,1-3H3,(H,31,34,36)/b24-15+. The minimum atomic E-state index is -0.759. The van der Waals surface area contributed by atoms with E-state index in [2.05, 4.69) is 9.88 Å². The molecule has 180 valence electrons. The Bertz CT molecular complexity index is 1580. The van der Waals surface area contributed by atoms with Crippen molar-refractivity contribution in [2.75, 3.05) is 4.90 Å². The fourth-order valence-corrected chi connectivity index (χ4v) is 4.95. The lowest BCUT2D eigenvalue weighted by Crippen LogP contribution is -2.54.